The van der Waals surface area contributed by atoms with Crippen LogP contribution in [0, 0.1) is 5.82 Å². The minimum atomic E-state index is -0.292. The van der Waals surface area contributed by atoms with Gasteiger partial charge in [0.15, 0.2) is 5.11 Å². The second-order valence-corrected chi connectivity index (χ2v) is 5.76. The molecule has 1 aliphatic rings. The average molecular weight is 338 g/mol. The van der Waals surface area contributed by atoms with Crippen molar-refractivity contribution in [3.63, 3.8) is 0 Å². The van der Waals surface area contributed by atoms with Crippen LogP contribution in [0.25, 0.3) is 0 Å². The first-order valence-electron chi connectivity index (χ1n) is 7.80. The van der Waals surface area contributed by atoms with E-state index in [2.05, 4.69) is 20.7 Å². The Balaban J connectivity index is 1.66. The lowest BCUT2D eigenvalue weighted by Gasteiger charge is -2.26. The SMILES string of the molecule is C/C(=N\NC(=S)NCCCN1CCOCC1)c1ccccc1F. The summed E-state index contributed by atoms with van der Waals surface area (Å²) in [5, 5.41) is 7.67. The molecule has 2 N–H and O–H groups in total. The molecule has 1 heterocycles. The highest BCUT2D eigenvalue weighted by Gasteiger charge is 2.09. The Morgan fingerprint density at radius 1 is 1.35 bits per heavy atom. The monoisotopic (exact) mass is 338 g/mol. The Bertz CT molecular complexity index is 547. The fourth-order valence-electron chi connectivity index (χ4n) is 2.32. The summed E-state index contributed by atoms with van der Waals surface area (Å²) >= 11 is 5.17. The summed E-state index contributed by atoms with van der Waals surface area (Å²) in [4.78, 5) is 2.38. The van der Waals surface area contributed by atoms with Crippen LogP contribution in [0.2, 0.25) is 0 Å². The van der Waals surface area contributed by atoms with Gasteiger partial charge in [0, 0.05) is 25.2 Å². The molecule has 7 heteroatoms. The van der Waals surface area contributed by atoms with E-state index in [1.54, 1.807) is 25.1 Å². The normalized spacial score (nSPS) is 16.2. The van der Waals surface area contributed by atoms with Gasteiger partial charge in [0.2, 0.25) is 0 Å². The fraction of sp³-hybridized carbons (Fsp3) is 0.500. The maximum absolute atomic E-state index is 13.6. The van der Waals surface area contributed by atoms with Crippen LogP contribution in [-0.4, -0.2) is 55.1 Å². The van der Waals surface area contributed by atoms with Crippen LogP contribution in [-0.2, 0) is 4.74 Å². The summed E-state index contributed by atoms with van der Waals surface area (Å²) < 4.78 is 18.9. The standard InChI is InChI=1S/C16H23FN4OS/c1-13(14-5-2-3-6-15(14)17)19-20-16(23)18-7-4-8-21-9-11-22-12-10-21/h2-3,5-6H,4,7-12H2,1H3,(H2,18,20,23)/b19-13+. The molecule has 2 rings (SSSR count). The second kappa shape index (κ2) is 9.54. The van der Waals surface area contributed by atoms with Gasteiger partial charge in [-0.1, -0.05) is 18.2 Å². The molecule has 0 aliphatic carbocycles. The van der Waals surface area contributed by atoms with E-state index in [0.29, 0.717) is 16.4 Å². The van der Waals surface area contributed by atoms with E-state index in [1.165, 1.54) is 6.07 Å². The van der Waals surface area contributed by atoms with E-state index < -0.39 is 0 Å². The summed E-state index contributed by atoms with van der Waals surface area (Å²) in [5.41, 5.74) is 3.78. The maximum Gasteiger partial charge on any atom is 0.186 e. The van der Waals surface area contributed by atoms with Gasteiger partial charge in [0.05, 0.1) is 18.9 Å². The molecular formula is C16H23FN4OS. The Hall–Kier alpha value is -1.57. The van der Waals surface area contributed by atoms with E-state index >= 15 is 0 Å². The van der Waals surface area contributed by atoms with Crippen LogP contribution in [0.3, 0.4) is 0 Å². The average Bonchev–Trinajstić information content (AvgIpc) is 2.58. The third-order valence-electron chi connectivity index (χ3n) is 3.63. The number of halogens is 1. The predicted molar refractivity (Wildman–Crippen MR) is 94.2 cm³/mol. The number of hydrogen-bond acceptors (Lipinski definition) is 4. The number of nitrogens with one attached hydrogen (secondary N) is 2. The number of hydrazone groups is 1. The summed E-state index contributed by atoms with van der Waals surface area (Å²) in [6.07, 6.45) is 0.998. The van der Waals surface area contributed by atoms with Gasteiger partial charge in [-0.15, -0.1) is 0 Å². The van der Waals surface area contributed by atoms with Crippen LogP contribution >= 0.6 is 12.2 Å². The van der Waals surface area contributed by atoms with Crippen LogP contribution in [0.5, 0.6) is 0 Å². The third-order valence-corrected chi connectivity index (χ3v) is 3.86. The molecule has 1 fully saturated rings. The van der Waals surface area contributed by atoms with Crippen molar-refractivity contribution >= 4 is 23.0 Å². The molecule has 0 unspecified atom stereocenters. The molecule has 0 amide bonds. The first-order valence-corrected chi connectivity index (χ1v) is 8.21. The zero-order valence-electron chi connectivity index (χ0n) is 13.3. The Labute approximate surface area is 141 Å². The molecule has 1 aromatic carbocycles. The van der Waals surface area contributed by atoms with Crippen LogP contribution in [0.4, 0.5) is 4.39 Å². The van der Waals surface area contributed by atoms with E-state index in [1.807, 2.05) is 0 Å². The topological polar surface area (TPSA) is 48.9 Å². The largest absolute Gasteiger partial charge is 0.379 e. The third kappa shape index (κ3) is 6.21. The van der Waals surface area contributed by atoms with Crippen molar-refractivity contribution in [2.45, 2.75) is 13.3 Å². The Kier molecular flexibility index (Phi) is 7.38. The molecule has 0 aromatic heterocycles. The number of thiocarbonyl (C=S) groups is 1. The fourth-order valence-corrected chi connectivity index (χ4v) is 2.47. The molecule has 0 spiro atoms. The lowest BCUT2D eigenvalue weighted by atomic mass is 10.1. The summed E-state index contributed by atoms with van der Waals surface area (Å²) in [7, 11) is 0. The first-order chi connectivity index (χ1) is 11.2. The quantitative estimate of drug-likeness (QED) is 0.358. The lowest BCUT2D eigenvalue weighted by molar-refractivity contribution is 0.0376. The molecule has 126 valence electrons. The predicted octanol–water partition coefficient (Wildman–Crippen LogP) is 1.74. The molecule has 1 aromatic rings. The number of nitrogens with zero attached hydrogens (tertiary/aromatic N) is 2. The van der Waals surface area contributed by atoms with Gasteiger partial charge in [-0.25, -0.2) is 4.39 Å². The number of ether oxygens (including phenoxy) is 1. The Morgan fingerprint density at radius 3 is 2.83 bits per heavy atom. The molecule has 0 radical (unpaired) electrons. The lowest BCUT2D eigenvalue weighted by Crippen LogP contribution is -2.39. The number of benzene rings is 1. The molecule has 23 heavy (non-hydrogen) atoms. The molecule has 0 saturated carbocycles. The zero-order valence-corrected chi connectivity index (χ0v) is 14.2. The first kappa shape index (κ1) is 17.8. The molecular weight excluding hydrogens is 315 g/mol. The van der Waals surface area contributed by atoms with Crippen molar-refractivity contribution in [1.29, 1.82) is 0 Å². The molecule has 0 atom stereocenters. The van der Waals surface area contributed by atoms with Crippen molar-refractivity contribution in [1.82, 2.24) is 15.6 Å². The van der Waals surface area contributed by atoms with Gasteiger partial charge < -0.3 is 10.1 Å². The van der Waals surface area contributed by atoms with Crippen molar-refractivity contribution in [3.8, 4) is 0 Å². The van der Waals surface area contributed by atoms with E-state index in [0.717, 1.165) is 45.8 Å². The van der Waals surface area contributed by atoms with Crippen LogP contribution in [0.1, 0.15) is 18.9 Å². The summed E-state index contributed by atoms with van der Waals surface area (Å²) in [6, 6.07) is 6.53. The number of rotatable bonds is 6. The zero-order chi connectivity index (χ0) is 16.5. The minimum Gasteiger partial charge on any atom is -0.379 e. The van der Waals surface area contributed by atoms with Gasteiger partial charge in [0.25, 0.3) is 0 Å². The highest BCUT2D eigenvalue weighted by molar-refractivity contribution is 7.80. The molecule has 1 saturated heterocycles. The van der Waals surface area contributed by atoms with E-state index in [-0.39, 0.29) is 5.82 Å². The smallest absolute Gasteiger partial charge is 0.186 e. The Morgan fingerprint density at radius 2 is 2.09 bits per heavy atom. The highest BCUT2D eigenvalue weighted by Crippen LogP contribution is 2.07. The van der Waals surface area contributed by atoms with Gasteiger partial charge >= 0.3 is 0 Å². The van der Waals surface area contributed by atoms with Crippen molar-refractivity contribution in [3.05, 3.63) is 35.6 Å². The van der Waals surface area contributed by atoms with Gasteiger partial charge in [-0.3, -0.25) is 10.3 Å². The molecule has 5 nitrogen and oxygen atoms in total. The van der Waals surface area contributed by atoms with Crippen molar-refractivity contribution in [2.24, 2.45) is 5.10 Å². The second-order valence-electron chi connectivity index (χ2n) is 5.35. The van der Waals surface area contributed by atoms with Crippen LogP contribution in [0.15, 0.2) is 29.4 Å². The molecule has 0 bridgehead atoms. The van der Waals surface area contributed by atoms with Crippen molar-refractivity contribution in [2.75, 3.05) is 39.4 Å². The maximum atomic E-state index is 13.6. The van der Waals surface area contributed by atoms with E-state index in [9.17, 15) is 4.39 Å². The minimum absolute atomic E-state index is 0.292. The van der Waals surface area contributed by atoms with Crippen LogP contribution < -0.4 is 10.7 Å². The van der Waals surface area contributed by atoms with Gasteiger partial charge in [-0.2, -0.15) is 5.10 Å². The number of hydrogen-bond donors (Lipinski definition) is 2. The highest BCUT2D eigenvalue weighted by atomic mass is 32.1. The summed E-state index contributed by atoms with van der Waals surface area (Å²) in [5.74, 6) is -0.292. The van der Waals surface area contributed by atoms with Gasteiger partial charge in [-0.05, 0) is 38.2 Å². The summed E-state index contributed by atoms with van der Waals surface area (Å²) in [6.45, 7) is 7.17. The molecule has 1 aliphatic heterocycles. The number of morpholine rings is 1. The van der Waals surface area contributed by atoms with Crippen molar-refractivity contribution < 1.29 is 9.13 Å². The van der Waals surface area contributed by atoms with E-state index in [4.69, 9.17) is 17.0 Å². The van der Waals surface area contributed by atoms with Gasteiger partial charge in [0.1, 0.15) is 5.82 Å².